The van der Waals surface area contributed by atoms with Gasteiger partial charge in [0.15, 0.2) is 0 Å². The van der Waals surface area contributed by atoms with E-state index in [4.69, 9.17) is 0 Å². The first-order valence-electron chi connectivity index (χ1n) is 17.4. The molecule has 0 saturated carbocycles. The van der Waals surface area contributed by atoms with Gasteiger partial charge in [0.1, 0.15) is 0 Å². The largest absolute Gasteiger partial charge is 0.192 e. The van der Waals surface area contributed by atoms with Crippen LogP contribution in [0, 0.1) is 11.3 Å². The summed E-state index contributed by atoms with van der Waals surface area (Å²) in [5.41, 5.74) is 22.2. The average molecular weight is 636 g/mol. The topological polar surface area (TPSA) is 23.8 Å². The Morgan fingerprint density at radius 2 is 1.04 bits per heavy atom. The summed E-state index contributed by atoms with van der Waals surface area (Å²) in [5, 5.41) is 9.67. The van der Waals surface area contributed by atoms with Gasteiger partial charge in [-0.3, -0.25) is 0 Å². The van der Waals surface area contributed by atoms with Gasteiger partial charge in [0.25, 0.3) is 0 Å². The van der Waals surface area contributed by atoms with Gasteiger partial charge >= 0.3 is 0 Å². The van der Waals surface area contributed by atoms with E-state index in [9.17, 15) is 5.26 Å². The molecule has 10 rings (SSSR count). The molecule has 0 bridgehead atoms. The van der Waals surface area contributed by atoms with Gasteiger partial charge in [0, 0.05) is 11.3 Å². The Bertz CT molecular complexity index is 2550. The summed E-state index contributed by atoms with van der Waals surface area (Å²) in [4.78, 5) is 0. The van der Waals surface area contributed by atoms with Gasteiger partial charge in [-0.2, -0.15) is 5.26 Å². The van der Waals surface area contributed by atoms with Crippen LogP contribution in [0.3, 0.4) is 0 Å². The van der Waals surface area contributed by atoms with E-state index in [0.717, 1.165) is 0 Å². The van der Waals surface area contributed by atoms with Crippen molar-refractivity contribution in [1.29, 1.82) is 5.26 Å². The molecule has 3 aliphatic rings. The molecule has 0 spiro atoms. The lowest BCUT2D eigenvalue weighted by atomic mass is 9.80. The van der Waals surface area contributed by atoms with Crippen molar-refractivity contribution in [1.82, 2.24) is 0 Å². The molecule has 1 heteroatoms. The number of hydrogen-bond donors (Lipinski definition) is 0. The van der Waals surface area contributed by atoms with E-state index in [1.54, 1.807) is 0 Å². The zero-order valence-corrected chi connectivity index (χ0v) is 28.0. The first-order chi connectivity index (χ1) is 24.5. The van der Waals surface area contributed by atoms with Crippen molar-refractivity contribution in [3.05, 3.63) is 202 Å². The second kappa shape index (κ2) is 10.6. The van der Waals surface area contributed by atoms with Crippen LogP contribution in [-0.4, -0.2) is 0 Å². The highest BCUT2D eigenvalue weighted by atomic mass is 14.4. The number of fused-ring (bicyclic) bond motifs is 9. The molecule has 0 radical (unpaired) electrons. The second-order valence-corrected chi connectivity index (χ2v) is 14.4. The van der Waals surface area contributed by atoms with Crippen molar-refractivity contribution in [2.45, 2.75) is 25.2 Å². The first-order valence-corrected chi connectivity index (χ1v) is 17.4. The lowest BCUT2D eigenvalue weighted by Gasteiger charge is -2.22. The average Bonchev–Trinajstić information content (AvgIpc) is 3.74. The van der Waals surface area contributed by atoms with Crippen LogP contribution in [0.1, 0.15) is 69.8 Å². The number of nitrogens with zero attached hydrogens (tertiary/aromatic N) is 1. The van der Waals surface area contributed by atoms with E-state index in [0.29, 0.717) is 5.56 Å². The molecule has 0 fully saturated rings. The monoisotopic (exact) mass is 635 g/mol. The van der Waals surface area contributed by atoms with Gasteiger partial charge in [-0.1, -0.05) is 141 Å². The molecular formula is C49H33N. The number of rotatable bonds is 3. The Balaban J connectivity index is 1.19. The lowest BCUT2D eigenvalue weighted by molar-refractivity contribution is 0.660. The normalized spacial score (nSPS) is 14.2. The molecule has 0 atom stereocenters. The molecule has 0 amide bonds. The minimum absolute atomic E-state index is 0.141. The van der Waals surface area contributed by atoms with Gasteiger partial charge in [0.05, 0.1) is 11.6 Å². The molecule has 7 aromatic rings. The Labute approximate surface area is 293 Å². The van der Waals surface area contributed by atoms with Gasteiger partial charge in [0.2, 0.25) is 0 Å². The standard InChI is InChI=1S/C49H33N/c1-49(2)46-26-30(29-50)19-21-41(46)42-22-20-32(28-47(42)49)33-23-31(25-45-39-15-5-3-11-35(39)36-12-4-6-16-40(36)45)24-34(27-33)48-43-17-9-7-13-37(43)38-14-8-10-18-44(38)48/h3-28,48H,1-2H3. The van der Waals surface area contributed by atoms with Gasteiger partial charge in [-0.15, -0.1) is 0 Å². The van der Waals surface area contributed by atoms with Crippen molar-refractivity contribution in [2.75, 3.05) is 0 Å². The molecule has 0 heterocycles. The summed E-state index contributed by atoms with van der Waals surface area (Å²) in [6.07, 6.45) is 2.40. The summed E-state index contributed by atoms with van der Waals surface area (Å²) in [5.74, 6) is 0.141. The van der Waals surface area contributed by atoms with Crippen molar-refractivity contribution in [3.63, 3.8) is 0 Å². The molecule has 234 valence electrons. The Hall–Kier alpha value is -6.23. The summed E-state index contributed by atoms with van der Waals surface area (Å²) in [7, 11) is 0. The zero-order chi connectivity index (χ0) is 33.6. The molecule has 0 aliphatic heterocycles. The van der Waals surface area contributed by atoms with Crippen LogP contribution in [0.4, 0.5) is 0 Å². The predicted octanol–water partition coefficient (Wildman–Crippen LogP) is 12.3. The van der Waals surface area contributed by atoms with Crippen LogP contribution in [0.2, 0.25) is 0 Å². The maximum absolute atomic E-state index is 9.67. The third-order valence-electron chi connectivity index (χ3n) is 11.3. The number of hydrogen-bond acceptors (Lipinski definition) is 1. The van der Waals surface area contributed by atoms with Crippen LogP contribution >= 0.6 is 0 Å². The molecular weight excluding hydrogens is 603 g/mol. The molecule has 50 heavy (non-hydrogen) atoms. The van der Waals surface area contributed by atoms with Crippen LogP contribution in [-0.2, 0) is 5.41 Å². The van der Waals surface area contributed by atoms with E-state index < -0.39 is 0 Å². The summed E-state index contributed by atoms with van der Waals surface area (Å²) >= 11 is 0. The van der Waals surface area contributed by atoms with Crippen molar-refractivity contribution in [2.24, 2.45) is 0 Å². The predicted molar refractivity (Wildman–Crippen MR) is 206 cm³/mol. The van der Waals surface area contributed by atoms with E-state index in [1.165, 1.54) is 94.6 Å². The Kier molecular flexibility index (Phi) is 6.12. The maximum Gasteiger partial charge on any atom is 0.0991 e. The van der Waals surface area contributed by atoms with E-state index in [-0.39, 0.29) is 11.3 Å². The first kappa shape index (κ1) is 28.8. The summed E-state index contributed by atoms with van der Waals surface area (Å²) in [6, 6.07) is 58.1. The highest BCUT2D eigenvalue weighted by Gasteiger charge is 2.36. The van der Waals surface area contributed by atoms with Gasteiger partial charge in [-0.05, 0) is 125 Å². The minimum Gasteiger partial charge on any atom is -0.192 e. The van der Waals surface area contributed by atoms with Crippen LogP contribution in [0.15, 0.2) is 152 Å². The molecule has 0 N–H and O–H groups in total. The minimum atomic E-state index is -0.212. The highest BCUT2D eigenvalue weighted by Crippen LogP contribution is 2.52. The molecule has 0 saturated heterocycles. The van der Waals surface area contributed by atoms with Gasteiger partial charge in [-0.25, -0.2) is 0 Å². The fraction of sp³-hybridized carbons (Fsp3) is 0.0816. The van der Waals surface area contributed by atoms with E-state index in [2.05, 4.69) is 172 Å². The van der Waals surface area contributed by atoms with E-state index in [1.807, 2.05) is 6.07 Å². The smallest absolute Gasteiger partial charge is 0.0991 e. The SMILES string of the molecule is CC1(C)c2cc(C#N)ccc2-c2ccc(-c3cc(C=C4c5ccccc5-c5ccccc54)cc(C4c5ccccc5-c5ccccc54)c3)cc21. The number of benzene rings is 7. The summed E-state index contributed by atoms with van der Waals surface area (Å²) < 4.78 is 0. The van der Waals surface area contributed by atoms with Crippen molar-refractivity contribution < 1.29 is 0 Å². The fourth-order valence-electron chi connectivity index (χ4n) is 8.97. The van der Waals surface area contributed by atoms with Crippen LogP contribution in [0.5, 0.6) is 0 Å². The number of nitriles is 1. The highest BCUT2D eigenvalue weighted by molar-refractivity contribution is 6.06. The Morgan fingerprint density at radius 1 is 0.500 bits per heavy atom. The maximum atomic E-state index is 9.67. The zero-order valence-electron chi connectivity index (χ0n) is 28.0. The molecule has 0 unspecified atom stereocenters. The van der Waals surface area contributed by atoms with Crippen LogP contribution in [0.25, 0.3) is 56.2 Å². The van der Waals surface area contributed by atoms with Crippen molar-refractivity contribution in [3.8, 4) is 50.6 Å². The quantitative estimate of drug-likeness (QED) is 0.189. The van der Waals surface area contributed by atoms with Gasteiger partial charge < -0.3 is 0 Å². The third kappa shape index (κ3) is 4.12. The molecule has 1 nitrogen and oxygen atoms in total. The molecule has 3 aliphatic carbocycles. The van der Waals surface area contributed by atoms with Crippen molar-refractivity contribution >= 4 is 11.6 Å². The second-order valence-electron chi connectivity index (χ2n) is 14.4. The van der Waals surface area contributed by atoms with Crippen LogP contribution < -0.4 is 0 Å². The third-order valence-corrected chi connectivity index (χ3v) is 11.3. The molecule has 7 aromatic carbocycles. The summed E-state index contributed by atoms with van der Waals surface area (Å²) in [6.45, 7) is 4.58. The Morgan fingerprint density at radius 3 is 1.66 bits per heavy atom. The fourth-order valence-corrected chi connectivity index (χ4v) is 8.97. The lowest BCUT2D eigenvalue weighted by Crippen LogP contribution is -2.15. The van der Waals surface area contributed by atoms with E-state index >= 15 is 0 Å². The molecule has 0 aromatic heterocycles.